The van der Waals surface area contributed by atoms with Crippen molar-refractivity contribution in [2.75, 3.05) is 0 Å². The molecule has 0 aliphatic carbocycles. The van der Waals surface area contributed by atoms with Crippen LogP contribution in [0.4, 0.5) is 0 Å². The Kier molecular flexibility index (Phi) is 88.4. The molecule has 0 aromatic rings. The molecule has 0 bridgehead atoms. The van der Waals surface area contributed by atoms with E-state index in [0.29, 0.717) is 0 Å². The first-order chi connectivity index (χ1) is 3.46. The second kappa shape index (κ2) is 29.5. The number of rotatable bonds is 0. The van der Waals surface area contributed by atoms with Crippen molar-refractivity contribution < 1.29 is 147 Å². The second-order valence-corrected chi connectivity index (χ2v) is 1.50. The zero-order valence-corrected chi connectivity index (χ0v) is 17.4. The van der Waals surface area contributed by atoms with Crippen LogP contribution in [0.2, 0.25) is 0 Å². The number of hydrogen-bond acceptors (Lipinski definition) is 6. The maximum atomic E-state index is 8.52. The zero-order valence-electron chi connectivity index (χ0n) is 7.45. The van der Waals surface area contributed by atoms with Gasteiger partial charge in [0.2, 0.25) is 0 Å². The third-order valence-electron chi connectivity index (χ3n) is 0. The Labute approximate surface area is 160 Å². The third kappa shape index (κ3) is 137. The molecule has 0 aliphatic rings. The normalized spacial score (nSPS) is 5.83. The Morgan fingerprint density at radius 2 is 0.583 bits per heavy atom. The van der Waals surface area contributed by atoms with Gasteiger partial charge in [-0.05, 0) is 0 Å². The molecule has 52 valence electrons. The molecule has 0 saturated carbocycles. The van der Waals surface area contributed by atoms with Crippen molar-refractivity contribution in [1.82, 2.24) is 0 Å². The van der Waals surface area contributed by atoms with Crippen LogP contribution >= 0.6 is 16.5 Å². The molecule has 0 spiro atoms. The van der Waals surface area contributed by atoms with Gasteiger partial charge < -0.3 is 28.7 Å². The molecule has 0 saturated heterocycles. The summed E-state index contributed by atoms with van der Waals surface area (Å²) in [6.45, 7) is 0. The van der Waals surface area contributed by atoms with Crippen molar-refractivity contribution in [3.8, 4) is 0 Å². The average molecular weight is 252 g/mol. The average Bonchev–Trinajstić information content (AvgIpc) is 1.25. The van der Waals surface area contributed by atoms with Crippen molar-refractivity contribution >= 4 is 16.5 Å². The van der Waals surface area contributed by atoms with E-state index in [1.165, 1.54) is 0 Å². The summed E-state index contributed by atoms with van der Waals surface area (Å²) in [6.07, 6.45) is 0. The largest absolute Gasteiger partial charge is 1.00 e. The standard InChI is InChI=1S/4Na.2H3O3P/c;;;;2*1-4(2)3/h;;;;2*4H,(H2,1,2,3)/q4*+1;;/p-4. The fraction of sp³-hybridized carbons (Fsp3) is 0. The van der Waals surface area contributed by atoms with E-state index in [4.69, 9.17) is 28.7 Å². The molecular weight excluding hydrogens is 250 g/mol. The molecule has 0 aliphatic heterocycles. The smallest absolute Gasteiger partial charge is 0.813 e. The van der Waals surface area contributed by atoms with E-state index >= 15 is 0 Å². The minimum atomic E-state index is -3.63. The van der Waals surface area contributed by atoms with Gasteiger partial charge in [-0.15, -0.1) is 0 Å². The summed E-state index contributed by atoms with van der Waals surface area (Å²) in [7, 11) is -7.26. The Balaban J connectivity index is -0.0000000112. The van der Waals surface area contributed by atoms with Gasteiger partial charge in [-0.3, -0.25) is 0 Å². The van der Waals surface area contributed by atoms with Gasteiger partial charge in [-0.1, -0.05) is 16.5 Å². The van der Waals surface area contributed by atoms with Gasteiger partial charge in [-0.25, -0.2) is 0 Å². The van der Waals surface area contributed by atoms with E-state index in [9.17, 15) is 0 Å². The molecule has 12 heavy (non-hydrogen) atoms. The Hall–Kier alpha value is 4.30. The summed E-state index contributed by atoms with van der Waals surface area (Å²) >= 11 is 0. The van der Waals surface area contributed by atoms with Crippen LogP contribution in [0.5, 0.6) is 0 Å². The molecule has 0 aromatic carbocycles. The van der Waals surface area contributed by atoms with Crippen LogP contribution in [0.1, 0.15) is 0 Å². The fourth-order valence-electron chi connectivity index (χ4n) is 0. The van der Waals surface area contributed by atoms with E-state index in [1.54, 1.807) is 0 Å². The third-order valence-corrected chi connectivity index (χ3v) is 0. The van der Waals surface area contributed by atoms with E-state index in [2.05, 4.69) is 0 Å². The van der Waals surface area contributed by atoms with Gasteiger partial charge in [0.1, 0.15) is 0 Å². The van der Waals surface area contributed by atoms with Gasteiger partial charge in [0, 0.05) is 0 Å². The van der Waals surface area contributed by atoms with Gasteiger partial charge in [-0.2, -0.15) is 0 Å². The van der Waals surface area contributed by atoms with E-state index in [-0.39, 0.29) is 118 Å². The van der Waals surface area contributed by atoms with Crippen molar-refractivity contribution in [3.63, 3.8) is 0 Å². The predicted octanol–water partition coefficient (Wildman–Crippen LogP) is -15.8. The summed E-state index contributed by atoms with van der Waals surface area (Å²) < 4.78 is 17.0. The summed E-state index contributed by atoms with van der Waals surface area (Å²) in [5.74, 6) is 0. The summed E-state index contributed by atoms with van der Waals surface area (Å²) in [4.78, 5) is 34.1. The van der Waals surface area contributed by atoms with Crippen molar-refractivity contribution in [3.05, 3.63) is 0 Å². The van der Waals surface area contributed by atoms with Crippen molar-refractivity contribution in [1.29, 1.82) is 0 Å². The number of hydrogen-bond donors (Lipinski definition) is 0. The van der Waals surface area contributed by atoms with Crippen LogP contribution in [0.15, 0.2) is 0 Å². The van der Waals surface area contributed by atoms with Crippen LogP contribution in [0.3, 0.4) is 0 Å². The van der Waals surface area contributed by atoms with Gasteiger partial charge >= 0.3 is 118 Å². The Bertz CT molecular complexity index is 75.5. The molecule has 0 unspecified atom stereocenters. The Morgan fingerprint density at radius 3 is 0.583 bits per heavy atom. The topological polar surface area (TPSA) is 126 Å². The summed E-state index contributed by atoms with van der Waals surface area (Å²) in [6, 6.07) is 0. The predicted molar refractivity (Wildman–Crippen MR) is 18.0 cm³/mol. The van der Waals surface area contributed by atoms with E-state index in [1.807, 2.05) is 0 Å². The maximum Gasteiger partial charge on any atom is 1.00 e. The molecule has 0 rings (SSSR count). The molecule has 0 aromatic heterocycles. The molecule has 0 fully saturated rings. The van der Waals surface area contributed by atoms with Gasteiger partial charge in [0.25, 0.3) is 0 Å². The van der Waals surface area contributed by atoms with Crippen LogP contribution in [0, 0.1) is 0 Å². The SMILES string of the molecule is O=[PH]([O-])[O-].O=[PH]([O-])[O-].[Na+].[Na+].[Na+].[Na+]. The molecule has 0 N–H and O–H groups in total. The second-order valence-electron chi connectivity index (χ2n) is 0.500. The summed E-state index contributed by atoms with van der Waals surface area (Å²) in [5, 5.41) is 0. The molecule has 0 radical (unpaired) electrons. The first-order valence-corrected chi connectivity index (χ1v) is 3.67. The zero-order chi connectivity index (χ0) is 7.15. The van der Waals surface area contributed by atoms with Gasteiger partial charge in [0.15, 0.2) is 0 Å². The van der Waals surface area contributed by atoms with Crippen LogP contribution in [-0.2, 0) is 9.13 Å². The molecule has 0 amide bonds. The van der Waals surface area contributed by atoms with E-state index in [0.717, 1.165) is 0 Å². The van der Waals surface area contributed by atoms with Crippen LogP contribution < -0.4 is 138 Å². The molecule has 12 heteroatoms. The first kappa shape index (κ1) is 36.0. The fourth-order valence-corrected chi connectivity index (χ4v) is 0. The maximum absolute atomic E-state index is 8.52. The van der Waals surface area contributed by atoms with E-state index < -0.39 is 16.5 Å². The van der Waals surface area contributed by atoms with Crippen molar-refractivity contribution in [2.24, 2.45) is 0 Å². The monoisotopic (exact) mass is 252 g/mol. The summed E-state index contributed by atoms with van der Waals surface area (Å²) in [5.41, 5.74) is 0. The molecule has 6 nitrogen and oxygen atoms in total. The van der Waals surface area contributed by atoms with Crippen molar-refractivity contribution in [2.45, 2.75) is 0 Å². The first-order valence-electron chi connectivity index (χ1n) is 1.22. The minimum Gasteiger partial charge on any atom is -0.813 e. The molecule has 0 atom stereocenters. The molecular formula is H2Na4O6P2. The Morgan fingerprint density at radius 1 is 0.583 bits per heavy atom. The molecule has 0 heterocycles. The van der Waals surface area contributed by atoms with Crippen LogP contribution in [0.25, 0.3) is 0 Å². The van der Waals surface area contributed by atoms with Gasteiger partial charge in [0.05, 0.1) is 0 Å². The quantitative estimate of drug-likeness (QED) is 0.311. The van der Waals surface area contributed by atoms with Crippen LogP contribution in [-0.4, -0.2) is 0 Å². The minimum absolute atomic E-state index is 0.